The van der Waals surface area contributed by atoms with E-state index in [1.165, 1.54) is 25.7 Å². The minimum Gasteiger partial charge on any atom is -0.355 e. The molecule has 1 fully saturated rings. The summed E-state index contributed by atoms with van der Waals surface area (Å²) in [4.78, 5) is 4.43. The highest BCUT2D eigenvalue weighted by atomic mass is 35.5. The largest absolute Gasteiger partial charge is 0.355 e. The van der Waals surface area contributed by atoms with Crippen LogP contribution in [0.1, 0.15) is 37.3 Å². The molecule has 112 valence electrons. The summed E-state index contributed by atoms with van der Waals surface area (Å²) < 4.78 is 2.27. The third kappa shape index (κ3) is 3.53. The number of halogens is 2. The molecule has 1 saturated carbocycles. The van der Waals surface area contributed by atoms with Crippen molar-refractivity contribution in [3.05, 3.63) is 46.2 Å². The number of benzene rings is 1. The van der Waals surface area contributed by atoms with Gasteiger partial charge >= 0.3 is 0 Å². The molecule has 1 heterocycles. The summed E-state index contributed by atoms with van der Waals surface area (Å²) in [5.41, 5.74) is 1.10. The highest BCUT2D eigenvalue weighted by Gasteiger charge is 2.18. The molecule has 1 aromatic carbocycles. The molecule has 0 aliphatic heterocycles. The first-order valence-electron chi connectivity index (χ1n) is 7.44. The molecule has 3 nitrogen and oxygen atoms in total. The lowest BCUT2D eigenvalue weighted by Crippen LogP contribution is -2.13. The minimum atomic E-state index is 0.606. The maximum atomic E-state index is 6.19. The molecule has 0 amide bonds. The molecule has 1 aromatic heterocycles. The van der Waals surface area contributed by atoms with Gasteiger partial charge in [-0.3, -0.25) is 0 Å². The number of nitrogens with one attached hydrogen (secondary N) is 1. The van der Waals surface area contributed by atoms with E-state index >= 15 is 0 Å². The van der Waals surface area contributed by atoms with E-state index in [9.17, 15) is 0 Å². The summed E-state index contributed by atoms with van der Waals surface area (Å²) in [6, 6.07) is 6.25. The van der Waals surface area contributed by atoms with Gasteiger partial charge in [0.05, 0.1) is 0 Å². The molecule has 2 aromatic rings. The lowest BCUT2D eigenvalue weighted by molar-refractivity contribution is 0.523. The molecular formula is C16H19Cl2N3. The van der Waals surface area contributed by atoms with Crippen LogP contribution in [0.2, 0.25) is 10.0 Å². The molecule has 0 spiro atoms. The summed E-state index contributed by atoms with van der Waals surface area (Å²) >= 11 is 12.1. The molecule has 3 rings (SSSR count). The fourth-order valence-corrected chi connectivity index (χ4v) is 3.46. The Labute approximate surface area is 135 Å². The third-order valence-electron chi connectivity index (χ3n) is 4.08. The average Bonchev–Trinajstić information content (AvgIpc) is 3.11. The quantitative estimate of drug-likeness (QED) is 0.842. The standard InChI is InChI=1S/C16H19Cl2N3/c17-13-6-5-12(15(18)11-13)7-8-19-16-20-9-10-21(16)14-3-1-2-4-14/h5-6,9-11,14H,1-4,7-8H2,(H,19,20). The molecule has 5 heteroatoms. The first kappa shape index (κ1) is 14.7. The van der Waals surface area contributed by atoms with Gasteiger partial charge in [0, 0.05) is 35.0 Å². The fourth-order valence-electron chi connectivity index (χ4n) is 2.96. The van der Waals surface area contributed by atoms with E-state index in [4.69, 9.17) is 23.2 Å². The summed E-state index contributed by atoms with van der Waals surface area (Å²) in [5, 5.41) is 4.82. The van der Waals surface area contributed by atoms with Crippen molar-refractivity contribution in [2.75, 3.05) is 11.9 Å². The van der Waals surface area contributed by atoms with Crippen LogP contribution in [0.4, 0.5) is 5.95 Å². The Morgan fingerprint density at radius 2 is 2.05 bits per heavy atom. The minimum absolute atomic E-state index is 0.606. The predicted molar refractivity (Wildman–Crippen MR) is 88.4 cm³/mol. The fraction of sp³-hybridized carbons (Fsp3) is 0.438. The summed E-state index contributed by atoms with van der Waals surface area (Å²) in [5.74, 6) is 0.965. The summed E-state index contributed by atoms with van der Waals surface area (Å²) in [6.07, 6.45) is 9.96. The van der Waals surface area contributed by atoms with Gasteiger partial charge in [-0.25, -0.2) is 4.98 Å². The van der Waals surface area contributed by atoms with Crippen LogP contribution in [0, 0.1) is 0 Å². The third-order valence-corrected chi connectivity index (χ3v) is 4.67. The van der Waals surface area contributed by atoms with E-state index in [0.717, 1.165) is 29.5 Å². The van der Waals surface area contributed by atoms with Crippen molar-refractivity contribution in [1.82, 2.24) is 9.55 Å². The van der Waals surface area contributed by atoms with E-state index < -0.39 is 0 Å². The van der Waals surface area contributed by atoms with Crippen LogP contribution in [0.25, 0.3) is 0 Å². The Morgan fingerprint density at radius 3 is 2.81 bits per heavy atom. The van der Waals surface area contributed by atoms with Gasteiger partial charge in [-0.05, 0) is 37.0 Å². The van der Waals surface area contributed by atoms with E-state index in [-0.39, 0.29) is 0 Å². The number of hydrogen-bond acceptors (Lipinski definition) is 2. The van der Waals surface area contributed by atoms with E-state index in [2.05, 4.69) is 21.1 Å². The van der Waals surface area contributed by atoms with Gasteiger partial charge in [0.25, 0.3) is 0 Å². The highest BCUT2D eigenvalue weighted by molar-refractivity contribution is 6.35. The number of nitrogens with zero attached hydrogens (tertiary/aromatic N) is 2. The van der Waals surface area contributed by atoms with Crippen LogP contribution in [-0.2, 0) is 6.42 Å². The predicted octanol–water partition coefficient (Wildman–Crippen LogP) is 4.96. The average molecular weight is 324 g/mol. The van der Waals surface area contributed by atoms with Crippen molar-refractivity contribution in [2.45, 2.75) is 38.1 Å². The Bertz CT molecular complexity index is 603. The monoisotopic (exact) mass is 323 g/mol. The molecular weight excluding hydrogens is 305 g/mol. The van der Waals surface area contributed by atoms with Gasteiger partial charge in [0.2, 0.25) is 5.95 Å². The highest BCUT2D eigenvalue weighted by Crippen LogP contribution is 2.31. The number of imidazole rings is 1. The first-order valence-corrected chi connectivity index (χ1v) is 8.20. The maximum absolute atomic E-state index is 6.19. The molecule has 1 aliphatic carbocycles. The second-order valence-corrected chi connectivity index (χ2v) is 6.35. The number of hydrogen-bond donors (Lipinski definition) is 1. The van der Waals surface area contributed by atoms with Crippen LogP contribution < -0.4 is 5.32 Å². The van der Waals surface area contributed by atoms with Gasteiger partial charge < -0.3 is 9.88 Å². The number of rotatable bonds is 5. The molecule has 0 bridgehead atoms. The second kappa shape index (κ2) is 6.71. The Kier molecular flexibility index (Phi) is 4.71. The van der Waals surface area contributed by atoms with Crippen molar-refractivity contribution >= 4 is 29.2 Å². The Hall–Kier alpha value is -1.19. The zero-order valence-electron chi connectivity index (χ0n) is 11.9. The van der Waals surface area contributed by atoms with Crippen LogP contribution in [0.3, 0.4) is 0 Å². The SMILES string of the molecule is Clc1ccc(CCNc2nccn2C2CCCC2)c(Cl)c1. The summed E-state index contributed by atoms with van der Waals surface area (Å²) in [6.45, 7) is 0.811. The smallest absolute Gasteiger partial charge is 0.203 e. The van der Waals surface area contributed by atoms with Crippen LogP contribution >= 0.6 is 23.2 Å². The molecule has 1 aliphatic rings. The second-order valence-electron chi connectivity index (χ2n) is 5.51. The van der Waals surface area contributed by atoms with Crippen LogP contribution in [0.15, 0.2) is 30.6 Å². The van der Waals surface area contributed by atoms with Crippen molar-refractivity contribution in [3.63, 3.8) is 0 Å². The molecule has 0 unspecified atom stereocenters. The Morgan fingerprint density at radius 1 is 1.24 bits per heavy atom. The molecule has 21 heavy (non-hydrogen) atoms. The van der Waals surface area contributed by atoms with Gasteiger partial charge in [-0.2, -0.15) is 0 Å². The Balaban J connectivity index is 1.59. The van der Waals surface area contributed by atoms with Gasteiger partial charge in [-0.15, -0.1) is 0 Å². The number of aromatic nitrogens is 2. The normalized spacial score (nSPS) is 15.5. The van der Waals surface area contributed by atoms with E-state index in [0.29, 0.717) is 11.1 Å². The summed E-state index contributed by atoms with van der Waals surface area (Å²) in [7, 11) is 0. The van der Waals surface area contributed by atoms with Gasteiger partial charge in [0.15, 0.2) is 0 Å². The van der Waals surface area contributed by atoms with Crippen molar-refractivity contribution < 1.29 is 0 Å². The van der Waals surface area contributed by atoms with Gasteiger partial charge in [0.1, 0.15) is 0 Å². The first-order chi connectivity index (χ1) is 10.2. The lowest BCUT2D eigenvalue weighted by atomic mass is 10.1. The van der Waals surface area contributed by atoms with Crippen molar-refractivity contribution in [3.8, 4) is 0 Å². The molecule has 0 radical (unpaired) electrons. The maximum Gasteiger partial charge on any atom is 0.203 e. The topological polar surface area (TPSA) is 29.9 Å². The lowest BCUT2D eigenvalue weighted by Gasteiger charge is -2.15. The molecule has 1 N–H and O–H groups in total. The zero-order valence-corrected chi connectivity index (χ0v) is 13.4. The van der Waals surface area contributed by atoms with Crippen molar-refractivity contribution in [1.29, 1.82) is 0 Å². The van der Waals surface area contributed by atoms with Gasteiger partial charge in [-0.1, -0.05) is 42.1 Å². The zero-order chi connectivity index (χ0) is 14.7. The van der Waals surface area contributed by atoms with Crippen LogP contribution in [0.5, 0.6) is 0 Å². The van der Waals surface area contributed by atoms with E-state index in [1.54, 1.807) is 6.07 Å². The molecule has 0 atom stereocenters. The van der Waals surface area contributed by atoms with E-state index in [1.807, 2.05) is 18.3 Å². The number of anilines is 1. The molecule has 0 saturated heterocycles. The van der Waals surface area contributed by atoms with Crippen molar-refractivity contribution in [2.24, 2.45) is 0 Å². The van der Waals surface area contributed by atoms with Crippen LogP contribution in [-0.4, -0.2) is 16.1 Å².